The van der Waals surface area contributed by atoms with E-state index in [1.54, 1.807) is 24.0 Å². The number of nitrogens with one attached hydrogen (secondary N) is 1. The van der Waals surface area contributed by atoms with E-state index in [0.29, 0.717) is 10.9 Å². The molecule has 5 heteroatoms. The molecule has 3 heterocycles. The number of aromatic amines is 1. The van der Waals surface area contributed by atoms with Gasteiger partial charge >= 0.3 is 0 Å². The molecule has 0 saturated carbocycles. The number of carbonyl (C=O) groups excluding carboxylic acids is 1. The van der Waals surface area contributed by atoms with Crippen molar-refractivity contribution < 1.29 is 4.79 Å². The van der Waals surface area contributed by atoms with E-state index >= 15 is 0 Å². The molecule has 140 valence electrons. The number of hydrogen-bond acceptors (Lipinski definition) is 2. The van der Waals surface area contributed by atoms with Crippen molar-refractivity contribution >= 4 is 16.8 Å². The van der Waals surface area contributed by atoms with Gasteiger partial charge in [-0.25, -0.2) is 0 Å². The summed E-state index contributed by atoms with van der Waals surface area (Å²) in [5.41, 5.74) is 3.34. The maximum Gasteiger partial charge on any atom is 0.260 e. The predicted molar refractivity (Wildman–Crippen MR) is 107 cm³/mol. The van der Waals surface area contributed by atoms with Gasteiger partial charge in [-0.1, -0.05) is 30.3 Å². The lowest BCUT2D eigenvalue weighted by atomic mass is 9.95. The van der Waals surface area contributed by atoms with E-state index in [1.807, 2.05) is 30.0 Å². The number of H-pyrrole nitrogens is 1. The topological polar surface area (TPSA) is 58.1 Å². The summed E-state index contributed by atoms with van der Waals surface area (Å²) in [6, 6.07) is 10.5. The number of rotatable bonds is 3. The Morgan fingerprint density at radius 3 is 2.78 bits per heavy atom. The number of hydrogen-bond donors (Lipinski definition) is 1. The molecule has 1 unspecified atom stereocenters. The fourth-order valence-corrected chi connectivity index (χ4v) is 4.24. The number of aryl methyl sites for hydroxylation is 2. The number of likely N-dealkylation sites (tertiary alicyclic amines) is 1. The molecular formula is C22H25N3O2. The van der Waals surface area contributed by atoms with Crippen molar-refractivity contribution in [2.24, 2.45) is 7.05 Å². The van der Waals surface area contributed by atoms with Crippen molar-refractivity contribution in [3.8, 4) is 0 Å². The zero-order chi connectivity index (χ0) is 19.0. The van der Waals surface area contributed by atoms with Gasteiger partial charge in [0, 0.05) is 32.0 Å². The molecule has 1 aromatic carbocycles. The number of aromatic nitrogens is 2. The standard InChI is InChI=1S/C22H25N3O2/c1-15-14-24(2)22(27)19-18(13-23-20(15)19)21(26)25-11-7-6-10-17(25)12-16-8-4-3-5-9-16/h3-5,8-9,13-14,17,23H,6-7,10-12H2,1-2H3. The minimum absolute atomic E-state index is 0.0374. The van der Waals surface area contributed by atoms with Crippen molar-refractivity contribution in [2.75, 3.05) is 6.54 Å². The Balaban J connectivity index is 1.70. The number of amides is 1. The molecule has 1 fully saturated rings. The maximum absolute atomic E-state index is 13.4. The average molecular weight is 363 g/mol. The summed E-state index contributed by atoms with van der Waals surface area (Å²) in [6.07, 6.45) is 7.50. The molecule has 1 atom stereocenters. The summed E-state index contributed by atoms with van der Waals surface area (Å²) < 4.78 is 1.56. The maximum atomic E-state index is 13.4. The van der Waals surface area contributed by atoms with Gasteiger partial charge < -0.3 is 14.5 Å². The molecule has 1 aliphatic heterocycles. The first-order chi connectivity index (χ1) is 13.1. The summed E-state index contributed by atoms with van der Waals surface area (Å²) in [6.45, 7) is 2.70. The van der Waals surface area contributed by atoms with Crippen LogP contribution in [0.3, 0.4) is 0 Å². The first-order valence-corrected chi connectivity index (χ1v) is 9.58. The van der Waals surface area contributed by atoms with E-state index in [0.717, 1.165) is 43.3 Å². The molecular weight excluding hydrogens is 338 g/mol. The van der Waals surface area contributed by atoms with E-state index in [2.05, 4.69) is 17.1 Å². The van der Waals surface area contributed by atoms with Gasteiger partial charge in [0.25, 0.3) is 11.5 Å². The van der Waals surface area contributed by atoms with Gasteiger partial charge in [0.15, 0.2) is 0 Å². The van der Waals surface area contributed by atoms with Crippen LogP contribution in [0.4, 0.5) is 0 Å². The van der Waals surface area contributed by atoms with Gasteiger partial charge in [-0.3, -0.25) is 9.59 Å². The second-order valence-corrected chi connectivity index (χ2v) is 7.52. The zero-order valence-electron chi connectivity index (χ0n) is 15.9. The number of nitrogens with zero attached hydrogens (tertiary/aromatic N) is 2. The van der Waals surface area contributed by atoms with Crippen LogP contribution in [0.15, 0.2) is 47.5 Å². The van der Waals surface area contributed by atoms with Crippen molar-refractivity contribution in [2.45, 2.75) is 38.6 Å². The number of piperidine rings is 1. The van der Waals surface area contributed by atoms with E-state index in [-0.39, 0.29) is 17.5 Å². The van der Waals surface area contributed by atoms with Crippen LogP contribution in [-0.2, 0) is 13.5 Å². The van der Waals surface area contributed by atoms with Crippen LogP contribution < -0.4 is 5.56 Å². The zero-order valence-corrected chi connectivity index (χ0v) is 15.9. The average Bonchev–Trinajstić information content (AvgIpc) is 3.13. The van der Waals surface area contributed by atoms with Crippen LogP contribution in [0.1, 0.15) is 40.7 Å². The lowest BCUT2D eigenvalue weighted by Gasteiger charge is -2.36. The highest BCUT2D eigenvalue weighted by molar-refractivity contribution is 6.07. The Morgan fingerprint density at radius 2 is 2.00 bits per heavy atom. The molecule has 1 aliphatic rings. The van der Waals surface area contributed by atoms with Gasteiger partial charge in [-0.05, 0) is 43.7 Å². The first-order valence-electron chi connectivity index (χ1n) is 9.58. The lowest BCUT2D eigenvalue weighted by molar-refractivity contribution is 0.0615. The smallest absolute Gasteiger partial charge is 0.260 e. The van der Waals surface area contributed by atoms with Crippen LogP contribution in [0.25, 0.3) is 10.9 Å². The number of benzene rings is 1. The summed E-state index contributed by atoms with van der Waals surface area (Å²) in [4.78, 5) is 31.2. The third-order valence-corrected chi connectivity index (χ3v) is 5.63. The molecule has 0 bridgehead atoms. The monoisotopic (exact) mass is 363 g/mol. The summed E-state index contributed by atoms with van der Waals surface area (Å²) in [7, 11) is 1.73. The molecule has 3 aromatic rings. The Bertz CT molecular complexity index is 1030. The Morgan fingerprint density at radius 1 is 1.22 bits per heavy atom. The summed E-state index contributed by atoms with van der Waals surface area (Å²) in [5, 5.41) is 0.506. The van der Waals surface area contributed by atoms with Gasteiger partial charge in [-0.15, -0.1) is 0 Å². The van der Waals surface area contributed by atoms with Gasteiger partial charge in [0.1, 0.15) is 0 Å². The highest BCUT2D eigenvalue weighted by Crippen LogP contribution is 2.25. The van der Waals surface area contributed by atoms with E-state index in [9.17, 15) is 9.59 Å². The fraction of sp³-hybridized carbons (Fsp3) is 0.364. The molecule has 0 spiro atoms. The van der Waals surface area contributed by atoms with Crippen LogP contribution in [-0.4, -0.2) is 32.9 Å². The summed E-state index contributed by atoms with van der Waals surface area (Å²) >= 11 is 0. The molecule has 0 aliphatic carbocycles. The van der Waals surface area contributed by atoms with E-state index in [4.69, 9.17) is 0 Å². The normalized spacial score (nSPS) is 17.4. The van der Waals surface area contributed by atoms with Crippen LogP contribution >= 0.6 is 0 Å². The molecule has 27 heavy (non-hydrogen) atoms. The molecule has 5 nitrogen and oxygen atoms in total. The van der Waals surface area contributed by atoms with Gasteiger partial charge in [0.05, 0.1) is 16.5 Å². The Hall–Kier alpha value is -2.82. The van der Waals surface area contributed by atoms with Crippen molar-refractivity contribution in [3.63, 3.8) is 0 Å². The molecule has 4 rings (SSSR count). The van der Waals surface area contributed by atoms with E-state index < -0.39 is 0 Å². The third-order valence-electron chi connectivity index (χ3n) is 5.63. The second kappa shape index (κ2) is 7.06. The molecule has 1 saturated heterocycles. The fourth-order valence-electron chi connectivity index (χ4n) is 4.24. The van der Waals surface area contributed by atoms with Crippen LogP contribution in [0, 0.1) is 6.92 Å². The molecule has 1 amide bonds. The molecule has 2 aromatic heterocycles. The van der Waals surface area contributed by atoms with Crippen molar-refractivity contribution in [1.29, 1.82) is 0 Å². The minimum atomic E-state index is -0.128. The van der Waals surface area contributed by atoms with Crippen molar-refractivity contribution in [1.82, 2.24) is 14.5 Å². The largest absolute Gasteiger partial charge is 0.360 e. The predicted octanol–water partition coefficient (Wildman–Crippen LogP) is 3.41. The van der Waals surface area contributed by atoms with Crippen molar-refractivity contribution in [3.05, 3.63) is 69.8 Å². The van der Waals surface area contributed by atoms with Crippen LogP contribution in [0.5, 0.6) is 0 Å². The number of carbonyl (C=O) groups is 1. The number of fused-ring (bicyclic) bond motifs is 1. The SMILES string of the molecule is Cc1cn(C)c(=O)c2c(C(=O)N3CCCCC3Cc3ccccc3)c[nH]c12. The highest BCUT2D eigenvalue weighted by Gasteiger charge is 2.30. The molecule has 1 N–H and O–H groups in total. The summed E-state index contributed by atoms with van der Waals surface area (Å²) in [5.74, 6) is -0.0374. The first kappa shape index (κ1) is 17.6. The molecule has 0 radical (unpaired) electrons. The minimum Gasteiger partial charge on any atom is -0.360 e. The van der Waals surface area contributed by atoms with Gasteiger partial charge in [0.2, 0.25) is 0 Å². The lowest BCUT2D eigenvalue weighted by Crippen LogP contribution is -2.45. The quantitative estimate of drug-likeness (QED) is 0.775. The number of pyridine rings is 1. The van der Waals surface area contributed by atoms with Gasteiger partial charge in [-0.2, -0.15) is 0 Å². The highest BCUT2D eigenvalue weighted by atomic mass is 16.2. The van der Waals surface area contributed by atoms with Crippen LogP contribution in [0.2, 0.25) is 0 Å². The Labute approximate surface area is 158 Å². The Kier molecular flexibility index (Phi) is 4.60. The second-order valence-electron chi connectivity index (χ2n) is 7.52. The third kappa shape index (κ3) is 3.18. The van der Waals surface area contributed by atoms with E-state index in [1.165, 1.54) is 5.56 Å².